The highest BCUT2D eigenvalue weighted by atomic mass is 16.6. The van der Waals surface area contributed by atoms with E-state index in [0.29, 0.717) is 11.4 Å². The Morgan fingerprint density at radius 1 is 1.24 bits per heavy atom. The second-order valence-corrected chi connectivity index (χ2v) is 3.32. The van der Waals surface area contributed by atoms with Gasteiger partial charge in [-0.3, -0.25) is 15.1 Å². The molecule has 0 unspecified atom stereocenters. The molecule has 0 radical (unpaired) electrons. The standard InChI is InChI=1S/C11H9N3O3/c15-9-3-1-8(2-4-9)13-10-7-12-6-5-11(10)14(16)17/h1-7,13,15H. The quantitative estimate of drug-likeness (QED) is 0.481. The summed E-state index contributed by atoms with van der Waals surface area (Å²) >= 11 is 0. The number of rotatable bonds is 3. The second-order valence-electron chi connectivity index (χ2n) is 3.32. The average molecular weight is 231 g/mol. The Hall–Kier alpha value is -2.63. The molecule has 6 heteroatoms. The molecule has 1 aromatic carbocycles. The lowest BCUT2D eigenvalue weighted by atomic mass is 10.3. The minimum absolute atomic E-state index is 0.0481. The van der Waals surface area contributed by atoms with Crippen molar-refractivity contribution < 1.29 is 10.0 Å². The van der Waals surface area contributed by atoms with Gasteiger partial charge in [-0.05, 0) is 24.3 Å². The molecule has 0 saturated carbocycles. The number of nitrogens with zero attached hydrogens (tertiary/aromatic N) is 2. The first-order chi connectivity index (χ1) is 8.16. The number of phenols is 1. The Kier molecular flexibility index (Phi) is 2.87. The van der Waals surface area contributed by atoms with Crippen molar-refractivity contribution in [3.8, 4) is 5.75 Å². The van der Waals surface area contributed by atoms with Crippen molar-refractivity contribution in [1.82, 2.24) is 4.98 Å². The van der Waals surface area contributed by atoms with Gasteiger partial charge in [0.05, 0.1) is 11.1 Å². The van der Waals surface area contributed by atoms with Crippen LogP contribution < -0.4 is 5.32 Å². The van der Waals surface area contributed by atoms with Gasteiger partial charge in [-0.15, -0.1) is 0 Å². The highest BCUT2D eigenvalue weighted by molar-refractivity contribution is 5.68. The molecule has 0 fully saturated rings. The predicted octanol–water partition coefficient (Wildman–Crippen LogP) is 2.44. The summed E-state index contributed by atoms with van der Waals surface area (Å²) in [5.74, 6) is 0.135. The van der Waals surface area contributed by atoms with Gasteiger partial charge in [-0.25, -0.2) is 0 Å². The molecule has 0 aliphatic heterocycles. The maximum Gasteiger partial charge on any atom is 0.295 e. The van der Waals surface area contributed by atoms with Crippen molar-refractivity contribution in [2.45, 2.75) is 0 Å². The van der Waals surface area contributed by atoms with Crippen molar-refractivity contribution >= 4 is 17.1 Å². The third kappa shape index (κ3) is 2.49. The van der Waals surface area contributed by atoms with E-state index in [-0.39, 0.29) is 11.4 Å². The molecule has 0 bridgehead atoms. The third-order valence-corrected chi connectivity index (χ3v) is 2.14. The summed E-state index contributed by atoms with van der Waals surface area (Å²) in [5, 5.41) is 22.7. The van der Waals surface area contributed by atoms with Crippen LogP contribution in [0.2, 0.25) is 0 Å². The third-order valence-electron chi connectivity index (χ3n) is 2.14. The van der Waals surface area contributed by atoms with E-state index in [1.54, 1.807) is 12.1 Å². The van der Waals surface area contributed by atoms with Gasteiger partial charge in [-0.2, -0.15) is 0 Å². The number of hydrogen-bond donors (Lipinski definition) is 2. The highest BCUT2D eigenvalue weighted by Gasteiger charge is 2.12. The van der Waals surface area contributed by atoms with E-state index in [9.17, 15) is 10.1 Å². The van der Waals surface area contributed by atoms with Crippen molar-refractivity contribution in [1.29, 1.82) is 0 Å². The predicted molar refractivity (Wildman–Crippen MR) is 62.3 cm³/mol. The van der Waals surface area contributed by atoms with Crippen LogP contribution in [-0.4, -0.2) is 15.0 Å². The number of benzene rings is 1. The Bertz CT molecular complexity index is 540. The fraction of sp³-hybridized carbons (Fsp3) is 0. The van der Waals surface area contributed by atoms with Crippen LogP contribution in [0.4, 0.5) is 17.1 Å². The molecule has 0 spiro atoms. The first-order valence-corrected chi connectivity index (χ1v) is 4.81. The summed E-state index contributed by atoms with van der Waals surface area (Å²) in [6.45, 7) is 0. The number of phenolic OH excluding ortho intramolecular Hbond substituents is 1. The van der Waals surface area contributed by atoms with Crippen LogP contribution in [0.5, 0.6) is 5.75 Å². The molecule has 2 N–H and O–H groups in total. The average Bonchev–Trinajstić information content (AvgIpc) is 2.32. The topological polar surface area (TPSA) is 88.3 Å². The van der Waals surface area contributed by atoms with E-state index in [1.807, 2.05) is 0 Å². The van der Waals surface area contributed by atoms with Crippen LogP contribution in [0, 0.1) is 10.1 Å². The summed E-state index contributed by atoms with van der Waals surface area (Å²) in [5.41, 5.74) is 0.898. The normalized spacial score (nSPS) is 9.88. The largest absolute Gasteiger partial charge is 0.508 e. The highest BCUT2D eigenvalue weighted by Crippen LogP contribution is 2.26. The van der Waals surface area contributed by atoms with Crippen LogP contribution >= 0.6 is 0 Å². The number of aromatic hydroxyl groups is 1. The fourth-order valence-corrected chi connectivity index (χ4v) is 1.34. The molecular weight excluding hydrogens is 222 g/mol. The van der Waals surface area contributed by atoms with E-state index in [0.717, 1.165) is 0 Å². The summed E-state index contributed by atoms with van der Waals surface area (Å²) < 4.78 is 0. The lowest BCUT2D eigenvalue weighted by molar-refractivity contribution is -0.384. The SMILES string of the molecule is O=[N+]([O-])c1ccncc1Nc1ccc(O)cc1. The Labute approximate surface area is 96.7 Å². The fourth-order valence-electron chi connectivity index (χ4n) is 1.34. The smallest absolute Gasteiger partial charge is 0.295 e. The number of nitrogens with one attached hydrogen (secondary N) is 1. The summed E-state index contributed by atoms with van der Waals surface area (Å²) in [7, 11) is 0. The van der Waals surface area contributed by atoms with Crippen LogP contribution in [0.1, 0.15) is 0 Å². The summed E-state index contributed by atoms with van der Waals surface area (Å²) in [6, 6.07) is 7.54. The number of hydrogen-bond acceptors (Lipinski definition) is 5. The van der Waals surface area contributed by atoms with E-state index >= 15 is 0 Å². The van der Waals surface area contributed by atoms with Crippen LogP contribution in [0.25, 0.3) is 0 Å². The molecule has 2 aromatic rings. The Morgan fingerprint density at radius 3 is 2.59 bits per heavy atom. The maximum absolute atomic E-state index is 10.8. The second kappa shape index (κ2) is 4.48. The minimum Gasteiger partial charge on any atom is -0.508 e. The first kappa shape index (κ1) is 10.9. The molecule has 1 aromatic heterocycles. The molecule has 0 atom stereocenters. The molecule has 86 valence electrons. The number of nitro groups is 1. The van der Waals surface area contributed by atoms with Gasteiger partial charge in [0.1, 0.15) is 11.4 Å². The zero-order chi connectivity index (χ0) is 12.3. The molecular formula is C11H9N3O3. The van der Waals surface area contributed by atoms with Crippen molar-refractivity contribution in [2.24, 2.45) is 0 Å². The monoisotopic (exact) mass is 231 g/mol. The molecule has 0 aliphatic carbocycles. The van der Waals surface area contributed by atoms with E-state index < -0.39 is 4.92 Å². The van der Waals surface area contributed by atoms with Crippen molar-refractivity contribution in [3.05, 3.63) is 52.8 Å². The van der Waals surface area contributed by atoms with Gasteiger partial charge in [-0.1, -0.05) is 0 Å². The van der Waals surface area contributed by atoms with Gasteiger partial charge in [0, 0.05) is 18.0 Å². The van der Waals surface area contributed by atoms with Gasteiger partial charge in [0.25, 0.3) is 5.69 Å². The number of aromatic nitrogens is 1. The first-order valence-electron chi connectivity index (χ1n) is 4.81. The Morgan fingerprint density at radius 2 is 1.94 bits per heavy atom. The van der Waals surface area contributed by atoms with Crippen LogP contribution in [0.3, 0.4) is 0 Å². The van der Waals surface area contributed by atoms with Gasteiger partial charge in [0.15, 0.2) is 0 Å². The molecule has 0 aliphatic rings. The van der Waals surface area contributed by atoms with E-state index in [4.69, 9.17) is 5.11 Å². The van der Waals surface area contributed by atoms with E-state index in [1.165, 1.54) is 30.6 Å². The minimum atomic E-state index is -0.482. The Balaban J connectivity index is 2.30. The van der Waals surface area contributed by atoms with Crippen LogP contribution in [-0.2, 0) is 0 Å². The van der Waals surface area contributed by atoms with Crippen LogP contribution in [0.15, 0.2) is 42.7 Å². The lowest BCUT2D eigenvalue weighted by Crippen LogP contribution is -1.97. The molecule has 6 nitrogen and oxygen atoms in total. The van der Waals surface area contributed by atoms with Gasteiger partial charge >= 0.3 is 0 Å². The molecule has 17 heavy (non-hydrogen) atoms. The van der Waals surface area contributed by atoms with E-state index in [2.05, 4.69) is 10.3 Å². The molecule has 1 heterocycles. The summed E-state index contributed by atoms with van der Waals surface area (Å²) in [4.78, 5) is 14.1. The summed E-state index contributed by atoms with van der Waals surface area (Å²) in [6.07, 6.45) is 2.74. The zero-order valence-corrected chi connectivity index (χ0v) is 8.70. The lowest BCUT2D eigenvalue weighted by Gasteiger charge is -2.06. The molecule has 0 amide bonds. The molecule has 0 saturated heterocycles. The maximum atomic E-state index is 10.8. The zero-order valence-electron chi connectivity index (χ0n) is 8.70. The van der Waals surface area contributed by atoms with Crippen molar-refractivity contribution in [3.63, 3.8) is 0 Å². The van der Waals surface area contributed by atoms with Crippen molar-refractivity contribution in [2.75, 3.05) is 5.32 Å². The van der Waals surface area contributed by atoms with Gasteiger partial charge in [0.2, 0.25) is 0 Å². The molecule has 2 rings (SSSR count). The number of pyridine rings is 1. The van der Waals surface area contributed by atoms with Gasteiger partial charge < -0.3 is 10.4 Å². The number of anilines is 2.